The third kappa shape index (κ3) is 5.25. The molecule has 2 atom stereocenters. The minimum absolute atomic E-state index is 0.380. The third-order valence-corrected chi connectivity index (χ3v) is 4.14. The Labute approximate surface area is 126 Å². The van der Waals surface area contributed by atoms with E-state index in [1.807, 2.05) is 0 Å². The number of halogens is 1. The average molecular weight is 328 g/mol. The molecule has 0 bridgehead atoms. The number of benzene rings is 1. The van der Waals surface area contributed by atoms with Crippen LogP contribution in [0.25, 0.3) is 0 Å². The number of hydrogen-bond donors (Lipinski definition) is 1. The summed E-state index contributed by atoms with van der Waals surface area (Å²) in [4.78, 5) is 0. The summed E-state index contributed by atoms with van der Waals surface area (Å²) in [7, 11) is 1.77. The van der Waals surface area contributed by atoms with Crippen molar-refractivity contribution in [1.29, 1.82) is 0 Å². The number of hydrogen-bond acceptors (Lipinski definition) is 2. The van der Waals surface area contributed by atoms with Gasteiger partial charge in [-0.2, -0.15) is 0 Å². The fourth-order valence-electron chi connectivity index (χ4n) is 2.27. The van der Waals surface area contributed by atoms with Crippen LogP contribution in [0.1, 0.15) is 43.9 Å². The van der Waals surface area contributed by atoms with Crippen molar-refractivity contribution >= 4 is 15.9 Å². The van der Waals surface area contributed by atoms with Crippen LogP contribution >= 0.6 is 15.9 Å². The summed E-state index contributed by atoms with van der Waals surface area (Å²) in [5.74, 6) is 0.547. The predicted octanol–water partition coefficient (Wildman–Crippen LogP) is 4.47. The monoisotopic (exact) mass is 327 g/mol. The highest BCUT2D eigenvalue weighted by molar-refractivity contribution is 9.10. The zero-order valence-electron chi connectivity index (χ0n) is 12.5. The zero-order chi connectivity index (χ0) is 14.3. The first kappa shape index (κ1) is 16.7. The summed E-state index contributed by atoms with van der Waals surface area (Å²) < 4.78 is 6.41. The molecule has 0 aliphatic carbocycles. The van der Waals surface area contributed by atoms with Gasteiger partial charge in [-0.3, -0.25) is 0 Å². The van der Waals surface area contributed by atoms with Gasteiger partial charge in [0.2, 0.25) is 0 Å². The number of nitrogens with one attached hydrogen (secondary N) is 1. The Kier molecular flexibility index (Phi) is 7.66. The van der Waals surface area contributed by atoms with E-state index in [9.17, 15) is 0 Å². The molecular weight excluding hydrogens is 302 g/mol. The van der Waals surface area contributed by atoms with E-state index in [-0.39, 0.29) is 0 Å². The molecule has 2 nitrogen and oxygen atoms in total. The fourth-order valence-corrected chi connectivity index (χ4v) is 3.01. The van der Waals surface area contributed by atoms with Gasteiger partial charge in [0.15, 0.2) is 0 Å². The summed E-state index contributed by atoms with van der Waals surface area (Å²) in [5, 5.41) is 3.67. The highest BCUT2D eigenvalue weighted by atomic mass is 79.9. The molecule has 19 heavy (non-hydrogen) atoms. The summed E-state index contributed by atoms with van der Waals surface area (Å²) in [6.07, 6.45) is 2.22. The molecule has 0 heterocycles. The minimum Gasteiger partial charge on any atom is -0.385 e. The molecule has 1 aromatic carbocycles. The second-order valence-electron chi connectivity index (χ2n) is 5.22. The Morgan fingerprint density at radius 1 is 1.37 bits per heavy atom. The SMILES string of the molecule is CCCNC(c1ccc(C)cc1Br)C(C)CCOC. The first-order valence-corrected chi connectivity index (χ1v) is 7.87. The number of ether oxygens (including phenoxy) is 1. The standard InChI is InChI=1S/C16H26BrNO/c1-5-9-18-16(13(3)8-10-19-4)14-7-6-12(2)11-15(14)17/h6-7,11,13,16,18H,5,8-10H2,1-4H3. The summed E-state index contributed by atoms with van der Waals surface area (Å²) >= 11 is 3.70. The molecule has 0 fully saturated rings. The minimum atomic E-state index is 0.380. The van der Waals surface area contributed by atoms with E-state index in [0.717, 1.165) is 26.0 Å². The average Bonchev–Trinajstić information content (AvgIpc) is 2.38. The van der Waals surface area contributed by atoms with E-state index in [2.05, 4.69) is 60.2 Å². The number of rotatable bonds is 8. The zero-order valence-corrected chi connectivity index (χ0v) is 14.1. The molecule has 2 unspecified atom stereocenters. The Balaban J connectivity index is 2.88. The maximum absolute atomic E-state index is 5.21. The van der Waals surface area contributed by atoms with Gasteiger partial charge in [-0.05, 0) is 49.4 Å². The van der Waals surface area contributed by atoms with E-state index in [1.54, 1.807) is 7.11 Å². The van der Waals surface area contributed by atoms with Gasteiger partial charge in [-0.15, -0.1) is 0 Å². The molecule has 0 amide bonds. The van der Waals surface area contributed by atoms with Crippen molar-refractivity contribution in [2.75, 3.05) is 20.3 Å². The summed E-state index contributed by atoms with van der Waals surface area (Å²) in [5.41, 5.74) is 2.64. The van der Waals surface area contributed by atoms with Crippen LogP contribution in [-0.4, -0.2) is 20.3 Å². The molecule has 0 saturated heterocycles. The van der Waals surface area contributed by atoms with Crippen LogP contribution in [0.3, 0.4) is 0 Å². The molecule has 0 spiro atoms. The van der Waals surface area contributed by atoms with Crippen molar-refractivity contribution < 1.29 is 4.74 Å². The molecule has 108 valence electrons. The lowest BCUT2D eigenvalue weighted by Gasteiger charge is -2.27. The first-order valence-electron chi connectivity index (χ1n) is 7.08. The van der Waals surface area contributed by atoms with Gasteiger partial charge in [0.25, 0.3) is 0 Å². The van der Waals surface area contributed by atoms with Crippen molar-refractivity contribution in [1.82, 2.24) is 5.32 Å². The highest BCUT2D eigenvalue weighted by Crippen LogP contribution is 2.31. The van der Waals surface area contributed by atoms with E-state index in [1.165, 1.54) is 15.6 Å². The van der Waals surface area contributed by atoms with E-state index in [0.29, 0.717) is 12.0 Å². The molecular formula is C16H26BrNO. The number of methoxy groups -OCH3 is 1. The number of aryl methyl sites for hydroxylation is 1. The third-order valence-electron chi connectivity index (χ3n) is 3.45. The highest BCUT2D eigenvalue weighted by Gasteiger charge is 2.20. The molecule has 0 aliphatic rings. The molecule has 1 N–H and O–H groups in total. The van der Waals surface area contributed by atoms with Crippen LogP contribution in [0.4, 0.5) is 0 Å². The van der Waals surface area contributed by atoms with Crippen LogP contribution in [0.15, 0.2) is 22.7 Å². The van der Waals surface area contributed by atoms with Crippen LogP contribution in [-0.2, 0) is 4.74 Å². The largest absolute Gasteiger partial charge is 0.385 e. The Morgan fingerprint density at radius 3 is 2.68 bits per heavy atom. The smallest absolute Gasteiger partial charge is 0.0465 e. The summed E-state index contributed by atoms with van der Waals surface area (Å²) in [6, 6.07) is 6.99. The van der Waals surface area contributed by atoms with Gasteiger partial charge in [-0.1, -0.05) is 41.9 Å². The van der Waals surface area contributed by atoms with Crippen LogP contribution in [0, 0.1) is 12.8 Å². The molecule has 0 saturated carbocycles. The molecule has 0 aliphatic heterocycles. The maximum atomic E-state index is 5.21. The van der Waals surface area contributed by atoms with E-state index < -0.39 is 0 Å². The maximum Gasteiger partial charge on any atom is 0.0465 e. The van der Waals surface area contributed by atoms with Gasteiger partial charge in [-0.25, -0.2) is 0 Å². The van der Waals surface area contributed by atoms with E-state index in [4.69, 9.17) is 4.74 Å². The lowest BCUT2D eigenvalue weighted by molar-refractivity contribution is 0.170. The van der Waals surface area contributed by atoms with Gasteiger partial charge in [0.05, 0.1) is 0 Å². The first-order chi connectivity index (χ1) is 9.10. The van der Waals surface area contributed by atoms with Crippen LogP contribution in [0.2, 0.25) is 0 Å². The molecule has 3 heteroatoms. The van der Waals surface area contributed by atoms with E-state index >= 15 is 0 Å². The van der Waals surface area contributed by atoms with Crippen molar-refractivity contribution in [2.24, 2.45) is 5.92 Å². The van der Waals surface area contributed by atoms with Crippen LogP contribution < -0.4 is 5.32 Å². The Bertz CT molecular complexity index is 381. The van der Waals surface area contributed by atoms with Gasteiger partial charge >= 0.3 is 0 Å². The Hall–Kier alpha value is -0.380. The second kappa shape index (κ2) is 8.72. The van der Waals surface area contributed by atoms with Crippen molar-refractivity contribution in [3.63, 3.8) is 0 Å². The van der Waals surface area contributed by atoms with Gasteiger partial charge in [0, 0.05) is 24.2 Å². The fraction of sp³-hybridized carbons (Fsp3) is 0.625. The van der Waals surface area contributed by atoms with Gasteiger partial charge in [0.1, 0.15) is 0 Å². The second-order valence-corrected chi connectivity index (χ2v) is 6.07. The topological polar surface area (TPSA) is 21.3 Å². The molecule has 0 radical (unpaired) electrons. The van der Waals surface area contributed by atoms with Crippen molar-refractivity contribution in [3.8, 4) is 0 Å². The lowest BCUT2D eigenvalue weighted by atomic mass is 9.91. The Morgan fingerprint density at radius 2 is 2.11 bits per heavy atom. The normalized spacial score (nSPS) is 14.4. The van der Waals surface area contributed by atoms with Gasteiger partial charge < -0.3 is 10.1 Å². The van der Waals surface area contributed by atoms with Crippen molar-refractivity contribution in [2.45, 2.75) is 39.7 Å². The molecule has 0 aromatic heterocycles. The summed E-state index contributed by atoms with van der Waals surface area (Å²) in [6.45, 7) is 8.47. The van der Waals surface area contributed by atoms with Crippen molar-refractivity contribution in [3.05, 3.63) is 33.8 Å². The lowest BCUT2D eigenvalue weighted by Crippen LogP contribution is -2.28. The van der Waals surface area contributed by atoms with Crippen LogP contribution in [0.5, 0.6) is 0 Å². The molecule has 1 rings (SSSR count). The quantitative estimate of drug-likeness (QED) is 0.760. The predicted molar refractivity (Wildman–Crippen MR) is 85.6 cm³/mol. The molecule has 1 aromatic rings.